The highest BCUT2D eigenvalue weighted by atomic mass is 32.1. The van der Waals surface area contributed by atoms with Crippen LogP contribution in [0, 0.1) is 0 Å². The molecular weight excluding hydrogens is 250 g/mol. The van der Waals surface area contributed by atoms with E-state index in [1.807, 2.05) is 12.3 Å². The smallest absolute Gasteiger partial charge is 0.248 e. The second-order valence-corrected chi connectivity index (χ2v) is 5.88. The Labute approximate surface area is 110 Å². The molecule has 0 aliphatic carbocycles. The number of amides is 2. The highest BCUT2D eigenvalue weighted by Gasteiger charge is 2.44. The molecule has 2 heterocycles. The van der Waals surface area contributed by atoms with E-state index in [0.717, 1.165) is 5.01 Å². The Balaban J connectivity index is 2.27. The van der Waals surface area contributed by atoms with Crippen molar-refractivity contribution in [3.8, 4) is 0 Å². The maximum Gasteiger partial charge on any atom is 0.248 e. The van der Waals surface area contributed by atoms with Crippen molar-refractivity contribution < 1.29 is 9.59 Å². The number of carbonyl (C=O) groups excluding carboxylic acids is 2. The minimum absolute atomic E-state index is 0.0517. The first-order chi connectivity index (χ1) is 8.45. The van der Waals surface area contributed by atoms with Crippen molar-refractivity contribution in [2.24, 2.45) is 0 Å². The van der Waals surface area contributed by atoms with E-state index in [0.29, 0.717) is 13.0 Å². The van der Waals surface area contributed by atoms with Crippen LogP contribution in [0.2, 0.25) is 0 Å². The normalized spacial score (nSPS) is 23.1. The SMILES string of the molecule is CCC1C(=O)NC(C)(C)C(=O)N1Cc1nccs1. The number of hydrogen-bond acceptors (Lipinski definition) is 4. The number of nitrogens with zero attached hydrogens (tertiary/aromatic N) is 2. The van der Waals surface area contributed by atoms with Crippen LogP contribution < -0.4 is 5.32 Å². The number of aromatic nitrogens is 1. The van der Waals surface area contributed by atoms with Gasteiger partial charge in [0, 0.05) is 11.6 Å². The van der Waals surface area contributed by atoms with E-state index in [4.69, 9.17) is 0 Å². The summed E-state index contributed by atoms with van der Waals surface area (Å²) in [6.07, 6.45) is 2.32. The first kappa shape index (κ1) is 13.0. The standard InChI is InChI=1S/C12H17N3O2S/c1-4-8-10(16)14-12(2,3)11(17)15(8)7-9-13-5-6-18-9/h5-6,8H,4,7H2,1-3H3,(H,14,16). The van der Waals surface area contributed by atoms with Gasteiger partial charge in [0.25, 0.3) is 0 Å². The topological polar surface area (TPSA) is 62.3 Å². The number of rotatable bonds is 3. The molecule has 1 atom stereocenters. The molecule has 18 heavy (non-hydrogen) atoms. The molecule has 98 valence electrons. The van der Waals surface area contributed by atoms with Crippen LogP contribution in [-0.2, 0) is 16.1 Å². The molecule has 1 fully saturated rings. The van der Waals surface area contributed by atoms with Crippen LogP contribution in [-0.4, -0.2) is 33.3 Å². The molecule has 1 unspecified atom stereocenters. The van der Waals surface area contributed by atoms with Crippen molar-refractivity contribution in [1.82, 2.24) is 15.2 Å². The van der Waals surface area contributed by atoms with Crippen LogP contribution in [0.4, 0.5) is 0 Å². The Kier molecular flexibility index (Phi) is 3.38. The highest BCUT2D eigenvalue weighted by Crippen LogP contribution is 2.22. The Hall–Kier alpha value is -1.43. The molecule has 6 heteroatoms. The molecule has 2 rings (SSSR count). The van der Waals surface area contributed by atoms with Gasteiger partial charge in [0.2, 0.25) is 11.8 Å². The van der Waals surface area contributed by atoms with E-state index in [1.54, 1.807) is 24.9 Å². The third-order valence-electron chi connectivity index (χ3n) is 3.09. The van der Waals surface area contributed by atoms with Gasteiger partial charge in [-0.2, -0.15) is 0 Å². The Morgan fingerprint density at radius 2 is 2.22 bits per heavy atom. The van der Waals surface area contributed by atoms with Crippen molar-refractivity contribution in [3.05, 3.63) is 16.6 Å². The lowest BCUT2D eigenvalue weighted by molar-refractivity contribution is -0.154. The maximum absolute atomic E-state index is 12.4. The largest absolute Gasteiger partial charge is 0.340 e. The first-order valence-electron chi connectivity index (χ1n) is 5.97. The molecule has 1 aliphatic rings. The van der Waals surface area contributed by atoms with Crippen LogP contribution in [0.3, 0.4) is 0 Å². The van der Waals surface area contributed by atoms with Gasteiger partial charge in [-0.3, -0.25) is 9.59 Å². The average molecular weight is 267 g/mol. The third kappa shape index (κ3) is 2.25. The van der Waals surface area contributed by atoms with Crippen molar-refractivity contribution in [1.29, 1.82) is 0 Å². The molecule has 1 N–H and O–H groups in total. The zero-order valence-corrected chi connectivity index (χ0v) is 11.6. The van der Waals surface area contributed by atoms with Gasteiger partial charge in [-0.05, 0) is 20.3 Å². The molecule has 0 bridgehead atoms. The number of carbonyl (C=O) groups is 2. The van der Waals surface area contributed by atoms with E-state index in [1.165, 1.54) is 11.3 Å². The van der Waals surface area contributed by atoms with E-state index < -0.39 is 11.6 Å². The fraction of sp³-hybridized carbons (Fsp3) is 0.583. The summed E-state index contributed by atoms with van der Waals surface area (Å²) in [6, 6.07) is -0.394. The lowest BCUT2D eigenvalue weighted by Crippen LogP contribution is -2.67. The van der Waals surface area contributed by atoms with Gasteiger partial charge in [-0.25, -0.2) is 4.98 Å². The molecule has 0 spiro atoms. The molecule has 5 nitrogen and oxygen atoms in total. The van der Waals surface area contributed by atoms with Gasteiger partial charge >= 0.3 is 0 Å². The molecule has 0 radical (unpaired) electrons. The van der Waals surface area contributed by atoms with Crippen molar-refractivity contribution in [2.75, 3.05) is 0 Å². The minimum Gasteiger partial charge on any atom is -0.340 e. The molecule has 1 aliphatic heterocycles. The summed E-state index contributed by atoms with van der Waals surface area (Å²) in [7, 11) is 0. The summed E-state index contributed by atoms with van der Waals surface area (Å²) in [5.41, 5.74) is -0.833. The molecule has 2 amide bonds. The summed E-state index contributed by atoms with van der Waals surface area (Å²) < 4.78 is 0. The number of piperazine rings is 1. The molecule has 1 aromatic rings. The quantitative estimate of drug-likeness (QED) is 0.894. The van der Waals surface area contributed by atoms with E-state index >= 15 is 0 Å². The van der Waals surface area contributed by atoms with Crippen LogP contribution in [0.5, 0.6) is 0 Å². The van der Waals surface area contributed by atoms with Gasteiger partial charge in [-0.15, -0.1) is 11.3 Å². The van der Waals surface area contributed by atoms with Crippen LogP contribution in [0.25, 0.3) is 0 Å². The van der Waals surface area contributed by atoms with Crippen LogP contribution >= 0.6 is 11.3 Å². The summed E-state index contributed by atoms with van der Waals surface area (Å²) in [4.78, 5) is 30.2. The lowest BCUT2D eigenvalue weighted by atomic mass is 9.96. The van der Waals surface area contributed by atoms with Gasteiger partial charge in [0.1, 0.15) is 16.6 Å². The Morgan fingerprint density at radius 1 is 1.50 bits per heavy atom. The average Bonchev–Trinajstić information content (AvgIpc) is 2.78. The summed E-state index contributed by atoms with van der Waals surface area (Å²) in [5, 5.41) is 5.49. The number of hydrogen-bond donors (Lipinski definition) is 1. The van der Waals surface area contributed by atoms with E-state index in [9.17, 15) is 9.59 Å². The van der Waals surface area contributed by atoms with Crippen molar-refractivity contribution >= 4 is 23.2 Å². The second-order valence-electron chi connectivity index (χ2n) is 4.90. The molecule has 1 saturated heterocycles. The molecule has 0 saturated carbocycles. The van der Waals surface area contributed by atoms with Gasteiger partial charge < -0.3 is 10.2 Å². The third-order valence-corrected chi connectivity index (χ3v) is 3.85. The van der Waals surface area contributed by atoms with Crippen LogP contribution in [0.1, 0.15) is 32.2 Å². The van der Waals surface area contributed by atoms with E-state index in [-0.39, 0.29) is 11.8 Å². The first-order valence-corrected chi connectivity index (χ1v) is 6.85. The van der Waals surface area contributed by atoms with Crippen molar-refractivity contribution in [2.45, 2.75) is 45.3 Å². The van der Waals surface area contributed by atoms with Crippen LogP contribution in [0.15, 0.2) is 11.6 Å². The predicted octanol–water partition coefficient (Wildman–Crippen LogP) is 1.16. The fourth-order valence-corrected chi connectivity index (χ4v) is 2.77. The zero-order valence-electron chi connectivity index (χ0n) is 10.8. The molecule has 0 aromatic carbocycles. The molecular formula is C12H17N3O2S. The lowest BCUT2D eigenvalue weighted by Gasteiger charge is -2.42. The number of thiazole rings is 1. The summed E-state index contributed by atoms with van der Waals surface area (Å²) in [5.74, 6) is -0.136. The second kappa shape index (κ2) is 4.68. The summed E-state index contributed by atoms with van der Waals surface area (Å²) >= 11 is 1.50. The predicted molar refractivity (Wildman–Crippen MR) is 69.0 cm³/mol. The summed E-state index contributed by atoms with van der Waals surface area (Å²) in [6.45, 7) is 5.78. The zero-order chi connectivity index (χ0) is 13.3. The fourth-order valence-electron chi connectivity index (χ4n) is 2.15. The Morgan fingerprint density at radius 3 is 2.78 bits per heavy atom. The monoisotopic (exact) mass is 267 g/mol. The number of nitrogens with one attached hydrogen (secondary N) is 1. The van der Waals surface area contributed by atoms with Gasteiger partial charge in [0.15, 0.2) is 0 Å². The molecule has 1 aromatic heterocycles. The Bertz CT molecular complexity index is 456. The van der Waals surface area contributed by atoms with Gasteiger partial charge in [0.05, 0.1) is 6.54 Å². The van der Waals surface area contributed by atoms with E-state index in [2.05, 4.69) is 10.3 Å². The van der Waals surface area contributed by atoms with Gasteiger partial charge in [-0.1, -0.05) is 6.92 Å². The van der Waals surface area contributed by atoms with Crippen molar-refractivity contribution in [3.63, 3.8) is 0 Å². The highest BCUT2D eigenvalue weighted by molar-refractivity contribution is 7.09. The minimum atomic E-state index is -0.833. The maximum atomic E-state index is 12.4.